The van der Waals surface area contributed by atoms with Gasteiger partial charge in [0.05, 0.1) is 12.2 Å². The van der Waals surface area contributed by atoms with Gasteiger partial charge in [0.15, 0.2) is 11.7 Å². The molecule has 2 aliphatic rings. The minimum atomic E-state index is 0.394. The molecule has 25 heavy (non-hydrogen) atoms. The molecule has 0 amide bonds. The third-order valence-corrected chi connectivity index (χ3v) is 5.35. The van der Waals surface area contributed by atoms with Gasteiger partial charge in [-0.1, -0.05) is 25.4 Å². The predicted molar refractivity (Wildman–Crippen MR) is 101 cm³/mol. The van der Waals surface area contributed by atoms with Crippen LogP contribution in [0.15, 0.2) is 15.6 Å². The Labute approximate surface area is 151 Å². The van der Waals surface area contributed by atoms with Gasteiger partial charge in [-0.05, 0) is 44.2 Å². The largest absolute Gasteiger partial charge is 0.359 e. The van der Waals surface area contributed by atoms with E-state index in [1.165, 1.54) is 45.3 Å². The molecule has 2 fully saturated rings. The summed E-state index contributed by atoms with van der Waals surface area (Å²) >= 11 is 0. The molecule has 6 heteroatoms. The van der Waals surface area contributed by atoms with E-state index in [0.717, 1.165) is 36.4 Å². The minimum Gasteiger partial charge on any atom is -0.359 e. The second-order valence-corrected chi connectivity index (χ2v) is 7.74. The molecule has 2 saturated heterocycles. The molecule has 0 spiro atoms. The van der Waals surface area contributed by atoms with Crippen molar-refractivity contribution >= 4 is 5.96 Å². The Morgan fingerprint density at radius 3 is 2.80 bits per heavy atom. The summed E-state index contributed by atoms with van der Waals surface area (Å²) in [6, 6.07) is 2.04. The monoisotopic (exact) mass is 347 g/mol. The summed E-state index contributed by atoms with van der Waals surface area (Å²) in [6.45, 7) is 10.9. The van der Waals surface area contributed by atoms with Crippen molar-refractivity contribution in [2.75, 3.05) is 39.8 Å². The van der Waals surface area contributed by atoms with Gasteiger partial charge in [0, 0.05) is 32.7 Å². The molecule has 2 aliphatic heterocycles. The highest BCUT2D eigenvalue weighted by molar-refractivity contribution is 5.80. The molecule has 3 heterocycles. The number of aromatic nitrogens is 1. The van der Waals surface area contributed by atoms with Gasteiger partial charge in [-0.2, -0.15) is 0 Å². The fraction of sp³-hybridized carbons (Fsp3) is 0.789. The van der Waals surface area contributed by atoms with Gasteiger partial charge in [-0.15, -0.1) is 0 Å². The van der Waals surface area contributed by atoms with Gasteiger partial charge < -0.3 is 19.6 Å². The van der Waals surface area contributed by atoms with Gasteiger partial charge in [-0.3, -0.25) is 4.99 Å². The van der Waals surface area contributed by atoms with E-state index >= 15 is 0 Å². The van der Waals surface area contributed by atoms with Crippen LogP contribution in [0.25, 0.3) is 0 Å². The molecule has 6 nitrogen and oxygen atoms in total. The van der Waals surface area contributed by atoms with Crippen molar-refractivity contribution in [1.82, 2.24) is 20.3 Å². The average Bonchev–Trinajstić information content (AvgIpc) is 3.26. The van der Waals surface area contributed by atoms with Crippen molar-refractivity contribution in [2.45, 2.75) is 52.0 Å². The first-order valence-corrected chi connectivity index (χ1v) is 9.79. The van der Waals surface area contributed by atoms with Crippen LogP contribution in [0.2, 0.25) is 0 Å². The Balaban J connectivity index is 1.46. The summed E-state index contributed by atoms with van der Waals surface area (Å²) in [5, 5.41) is 7.55. The first-order valence-electron chi connectivity index (χ1n) is 9.79. The van der Waals surface area contributed by atoms with Crippen LogP contribution in [0.1, 0.15) is 56.9 Å². The third kappa shape index (κ3) is 4.97. The van der Waals surface area contributed by atoms with Crippen LogP contribution >= 0.6 is 0 Å². The van der Waals surface area contributed by atoms with Crippen molar-refractivity contribution in [2.24, 2.45) is 10.9 Å². The molecular formula is C19H33N5O. The first-order chi connectivity index (χ1) is 12.2. The van der Waals surface area contributed by atoms with E-state index in [-0.39, 0.29) is 0 Å². The Bertz CT molecular complexity index is 562. The summed E-state index contributed by atoms with van der Waals surface area (Å²) in [4.78, 5) is 9.50. The summed E-state index contributed by atoms with van der Waals surface area (Å²) in [6.07, 6.45) is 5.41. The number of piperidine rings is 1. The summed E-state index contributed by atoms with van der Waals surface area (Å²) < 4.78 is 5.41. The smallest absolute Gasteiger partial charge is 0.194 e. The zero-order chi connectivity index (χ0) is 17.6. The number of guanidine groups is 1. The molecule has 0 radical (unpaired) electrons. The molecule has 0 aromatic carbocycles. The van der Waals surface area contributed by atoms with Crippen molar-refractivity contribution in [3.8, 4) is 0 Å². The summed E-state index contributed by atoms with van der Waals surface area (Å²) in [5.74, 6) is 3.00. The second-order valence-electron chi connectivity index (χ2n) is 7.74. The number of aliphatic imine (C=N–C) groups is 1. The Kier molecular flexibility index (Phi) is 6.34. The number of rotatable bonds is 5. The van der Waals surface area contributed by atoms with Crippen LogP contribution in [0.3, 0.4) is 0 Å². The number of likely N-dealkylation sites (tertiary alicyclic amines) is 2. The zero-order valence-corrected chi connectivity index (χ0v) is 16.0. The van der Waals surface area contributed by atoms with Crippen molar-refractivity contribution in [3.63, 3.8) is 0 Å². The van der Waals surface area contributed by atoms with Gasteiger partial charge >= 0.3 is 0 Å². The molecule has 0 aliphatic carbocycles. The lowest BCUT2D eigenvalue weighted by molar-refractivity contribution is 0.198. The van der Waals surface area contributed by atoms with E-state index in [2.05, 4.69) is 39.1 Å². The standard InChI is InChI=1S/C19H33N5O/c1-15(2)18-11-17(25-22-18)12-21-19(20-3)24-10-7-16(14-24)13-23-8-5-4-6-9-23/h11,15-16H,4-10,12-14H2,1-3H3,(H,20,21). The summed E-state index contributed by atoms with van der Waals surface area (Å²) in [7, 11) is 1.86. The van der Waals surface area contributed by atoms with Crippen LogP contribution in [-0.2, 0) is 6.54 Å². The van der Waals surface area contributed by atoms with Gasteiger partial charge in [0.25, 0.3) is 0 Å². The van der Waals surface area contributed by atoms with Gasteiger partial charge in [-0.25, -0.2) is 0 Å². The highest BCUT2D eigenvalue weighted by Gasteiger charge is 2.27. The minimum absolute atomic E-state index is 0.394. The Hall–Kier alpha value is -1.56. The maximum absolute atomic E-state index is 5.41. The van der Waals surface area contributed by atoms with Gasteiger partial charge in [0.2, 0.25) is 0 Å². The first kappa shape index (κ1) is 18.2. The van der Waals surface area contributed by atoms with E-state index in [9.17, 15) is 0 Å². The lowest BCUT2D eigenvalue weighted by Gasteiger charge is -2.29. The topological polar surface area (TPSA) is 56.9 Å². The second kappa shape index (κ2) is 8.70. The van der Waals surface area contributed by atoms with Crippen LogP contribution in [-0.4, -0.2) is 60.7 Å². The molecule has 1 aromatic rings. The average molecular weight is 348 g/mol. The van der Waals surface area contributed by atoms with Crippen LogP contribution < -0.4 is 5.32 Å². The van der Waals surface area contributed by atoms with Crippen LogP contribution in [0.5, 0.6) is 0 Å². The zero-order valence-electron chi connectivity index (χ0n) is 16.0. The highest BCUT2D eigenvalue weighted by atomic mass is 16.5. The molecule has 3 rings (SSSR count). The Morgan fingerprint density at radius 2 is 2.12 bits per heavy atom. The number of hydrogen-bond acceptors (Lipinski definition) is 4. The molecule has 1 aromatic heterocycles. The summed E-state index contributed by atoms with van der Waals surface area (Å²) in [5.41, 5.74) is 1.01. The van der Waals surface area contributed by atoms with E-state index < -0.39 is 0 Å². The maximum Gasteiger partial charge on any atom is 0.194 e. The van der Waals surface area contributed by atoms with Crippen molar-refractivity contribution in [3.05, 3.63) is 17.5 Å². The normalized spacial score (nSPS) is 22.8. The molecular weight excluding hydrogens is 314 g/mol. The molecule has 1 atom stereocenters. The van der Waals surface area contributed by atoms with Gasteiger partial charge in [0.1, 0.15) is 0 Å². The van der Waals surface area contributed by atoms with E-state index in [1.54, 1.807) is 0 Å². The predicted octanol–water partition coefficient (Wildman–Crippen LogP) is 2.68. The molecule has 140 valence electrons. The number of nitrogens with zero attached hydrogens (tertiary/aromatic N) is 4. The SMILES string of the molecule is CN=C(NCc1cc(C(C)C)no1)N1CCC(CN2CCCCC2)C1. The van der Waals surface area contributed by atoms with E-state index in [1.807, 2.05) is 13.1 Å². The van der Waals surface area contributed by atoms with Crippen molar-refractivity contribution in [1.29, 1.82) is 0 Å². The highest BCUT2D eigenvalue weighted by Crippen LogP contribution is 2.20. The quantitative estimate of drug-likeness (QED) is 0.655. The maximum atomic E-state index is 5.41. The lowest BCUT2D eigenvalue weighted by Crippen LogP contribution is -2.40. The third-order valence-electron chi connectivity index (χ3n) is 5.35. The number of nitrogens with one attached hydrogen (secondary N) is 1. The molecule has 1 N–H and O–H groups in total. The van der Waals surface area contributed by atoms with Crippen LogP contribution in [0, 0.1) is 5.92 Å². The molecule has 1 unspecified atom stereocenters. The van der Waals surface area contributed by atoms with E-state index in [4.69, 9.17) is 4.52 Å². The van der Waals surface area contributed by atoms with E-state index in [0.29, 0.717) is 12.5 Å². The Morgan fingerprint density at radius 1 is 1.32 bits per heavy atom. The number of hydrogen-bond donors (Lipinski definition) is 1. The fourth-order valence-corrected chi connectivity index (χ4v) is 3.86. The van der Waals surface area contributed by atoms with Crippen LogP contribution in [0.4, 0.5) is 0 Å². The van der Waals surface area contributed by atoms with Crippen molar-refractivity contribution < 1.29 is 4.52 Å². The molecule has 0 saturated carbocycles. The fourth-order valence-electron chi connectivity index (χ4n) is 3.86. The lowest BCUT2D eigenvalue weighted by atomic mass is 10.1. The molecule has 0 bridgehead atoms.